The molecule has 35 heavy (non-hydrogen) atoms. The summed E-state index contributed by atoms with van der Waals surface area (Å²) < 4.78 is 5.52. The SMILES string of the molecule is CC[C@@H](CN1CCOCC1)N1C(=O)C(CC(=O)O)C[C@H](c2cccc(Cl)c2)C1c1ccc(Cl)cc1. The largest absolute Gasteiger partial charge is 0.481 e. The minimum absolute atomic E-state index is 0.0699. The van der Waals surface area contributed by atoms with E-state index in [1.54, 1.807) is 0 Å². The van der Waals surface area contributed by atoms with E-state index in [1.165, 1.54) is 0 Å². The van der Waals surface area contributed by atoms with Gasteiger partial charge in [0.1, 0.15) is 0 Å². The number of carboxylic acids is 1. The maximum Gasteiger partial charge on any atom is 0.304 e. The fraction of sp³-hybridized carbons (Fsp3) is 0.481. The molecular formula is C27H32Cl2N2O4. The van der Waals surface area contributed by atoms with Crippen molar-refractivity contribution in [3.63, 3.8) is 0 Å². The molecule has 1 amide bonds. The number of benzene rings is 2. The summed E-state index contributed by atoms with van der Waals surface area (Å²) in [7, 11) is 0. The van der Waals surface area contributed by atoms with Gasteiger partial charge in [0, 0.05) is 47.6 Å². The van der Waals surface area contributed by atoms with Gasteiger partial charge >= 0.3 is 5.97 Å². The number of rotatable bonds is 8. The van der Waals surface area contributed by atoms with E-state index in [2.05, 4.69) is 11.8 Å². The number of carbonyl (C=O) groups excluding carboxylic acids is 1. The van der Waals surface area contributed by atoms with Gasteiger partial charge in [-0.2, -0.15) is 0 Å². The number of hydrogen-bond donors (Lipinski definition) is 1. The molecule has 0 bridgehead atoms. The second kappa shape index (κ2) is 11.7. The van der Waals surface area contributed by atoms with Gasteiger partial charge in [-0.25, -0.2) is 0 Å². The van der Waals surface area contributed by atoms with E-state index < -0.39 is 11.9 Å². The Morgan fingerprint density at radius 3 is 2.43 bits per heavy atom. The fourth-order valence-electron chi connectivity index (χ4n) is 5.47. The van der Waals surface area contributed by atoms with Gasteiger partial charge < -0.3 is 14.7 Å². The zero-order valence-corrected chi connectivity index (χ0v) is 21.4. The molecule has 0 radical (unpaired) electrons. The molecule has 2 aromatic rings. The lowest BCUT2D eigenvalue weighted by Gasteiger charge is -2.49. The number of piperidine rings is 1. The van der Waals surface area contributed by atoms with Crippen molar-refractivity contribution in [1.82, 2.24) is 9.80 Å². The number of nitrogens with zero attached hydrogens (tertiary/aromatic N) is 2. The smallest absolute Gasteiger partial charge is 0.304 e. The quantitative estimate of drug-likeness (QED) is 0.516. The van der Waals surface area contributed by atoms with E-state index in [1.807, 2.05) is 53.4 Å². The van der Waals surface area contributed by atoms with E-state index in [0.29, 0.717) is 29.7 Å². The molecule has 2 aliphatic heterocycles. The lowest BCUT2D eigenvalue weighted by Crippen LogP contribution is -2.55. The molecule has 0 aliphatic carbocycles. The van der Waals surface area contributed by atoms with Gasteiger partial charge in [0.25, 0.3) is 0 Å². The van der Waals surface area contributed by atoms with Crippen molar-refractivity contribution in [1.29, 1.82) is 0 Å². The average Bonchev–Trinajstić information content (AvgIpc) is 2.85. The summed E-state index contributed by atoms with van der Waals surface area (Å²) in [5, 5.41) is 10.9. The van der Waals surface area contributed by atoms with Crippen LogP contribution >= 0.6 is 23.2 Å². The first-order chi connectivity index (χ1) is 16.9. The minimum Gasteiger partial charge on any atom is -0.481 e. The molecule has 0 spiro atoms. The Labute approximate surface area is 216 Å². The van der Waals surface area contributed by atoms with Gasteiger partial charge in [-0.1, -0.05) is 54.4 Å². The number of ether oxygens (including phenoxy) is 1. The Bertz CT molecular complexity index is 1030. The van der Waals surface area contributed by atoms with Gasteiger partial charge in [-0.3, -0.25) is 14.5 Å². The summed E-state index contributed by atoms with van der Waals surface area (Å²) in [6, 6.07) is 15.0. The van der Waals surface area contributed by atoms with Crippen molar-refractivity contribution in [2.75, 3.05) is 32.8 Å². The number of carboxylic acid groups (broad SMARTS) is 1. The lowest BCUT2D eigenvalue weighted by molar-refractivity contribution is -0.153. The maximum atomic E-state index is 14.0. The number of halogens is 2. The Hall–Kier alpha value is -2.12. The van der Waals surface area contributed by atoms with Crippen LogP contribution in [0.15, 0.2) is 48.5 Å². The van der Waals surface area contributed by atoms with Crippen LogP contribution in [0.25, 0.3) is 0 Å². The number of hydrogen-bond acceptors (Lipinski definition) is 4. The van der Waals surface area contributed by atoms with Crippen LogP contribution in [0.4, 0.5) is 0 Å². The number of aliphatic carboxylic acids is 1. The van der Waals surface area contributed by atoms with Gasteiger partial charge in [0.2, 0.25) is 5.91 Å². The average molecular weight is 519 g/mol. The highest BCUT2D eigenvalue weighted by Crippen LogP contribution is 2.47. The molecule has 2 unspecified atom stereocenters. The molecule has 6 nitrogen and oxygen atoms in total. The van der Waals surface area contributed by atoms with Crippen LogP contribution in [0.5, 0.6) is 0 Å². The number of carbonyl (C=O) groups is 2. The molecular weight excluding hydrogens is 487 g/mol. The van der Waals surface area contributed by atoms with Crippen LogP contribution in [0, 0.1) is 5.92 Å². The van der Waals surface area contributed by atoms with E-state index in [0.717, 1.165) is 37.2 Å². The lowest BCUT2D eigenvalue weighted by atomic mass is 9.74. The standard InChI is InChI=1S/C27H32Cl2N2O4/c1-2-23(17-30-10-12-35-13-11-30)31-26(18-6-8-21(28)9-7-18)24(19-4-3-5-22(29)14-19)15-20(27(31)34)16-25(32)33/h3-9,14,20,23-24,26H,2,10-13,15-17H2,1H3,(H,32,33)/t20?,23-,24+,26?/m0/s1. The third kappa shape index (κ3) is 6.18. The molecule has 1 N–H and O–H groups in total. The second-order valence-electron chi connectivity index (χ2n) is 9.41. The van der Waals surface area contributed by atoms with Gasteiger partial charge in [-0.15, -0.1) is 0 Å². The third-order valence-corrected chi connectivity index (χ3v) is 7.66. The molecule has 188 valence electrons. The van der Waals surface area contributed by atoms with Crippen LogP contribution in [0.1, 0.15) is 49.3 Å². The van der Waals surface area contributed by atoms with Crippen molar-refractivity contribution >= 4 is 35.1 Å². The summed E-state index contributed by atoms with van der Waals surface area (Å²) >= 11 is 12.6. The van der Waals surface area contributed by atoms with E-state index in [-0.39, 0.29) is 30.3 Å². The number of morpholine rings is 1. The number of likely N-dealkylation sites (tertiary alicyclic amines) is 1. The first-order valence-corrected chi connectivity index (χ1v) is 13.0. The summed E-state index contributed by atoms with van der Waals surface area (Å²) in [6.45, 7) is 5.81. The molecule has 0 saturated carbocycles. The van der Waals surface area contributed by atoms with Crippen LogP contribution in [-0.4, -0.2) is 65.7 Å². The Morgan fingerprint density at radius 1 is 1.09 bits per heavy atom. The number of amides is 1. The first-order valence-electron chi connectivity index (χ1n) is 12.2. The van der Waals surface area contributed by atoms with Crippen LogP contribution in [0.3, 0.4) is 0 Å². The molecule has 2 heterocycles. The van der Waals surface area contributed by atoms with E-state index in [9.17, 15) is 14.7 Å². The Morgan fingerprint density at radius 2 is 1.80 bits per heavy atom. The highest BCUT2D eigenvalue weighted by molar-refractivity contribution is 6.30. The summed E-state index contributed by atoms with van der Waals surface area (Å²) in [4.78, 5) is 30.0. The molecule has 2 aromatic carbocycles. The van der Waals surface area contributed by atoms with Crippen LogP contribution in [-0.2, 0) is 14.3 Å². The van der Waals surface area contributed by atoms with Gasteiger partial charge in [-0.05, 0) is 48.2 Å². The topological polar surface area (TPSA) is 70.1 Å². The zero-order chi connectivity index (χ0) is 24.9. The molecule has 0 aromatic heterocycles. The van der Waals surface area contributed by atoms with Crippen molar-refractivity contribution in [2.24, 2.45) is 5.92 Å². The highest BCUT2D eigenvalue weighted by Gasteiger charge is 2.46. The summed E-state index contributed by atoms with van der Waals surface area (Å²) in [5.41, 5.74) is 1.99. The van der Waals surface area contributed by atoms with E-state index in [4.69, 9.17) is 27.9 Å². The van der Waals surface area contributed by atoms with Crippen LogP contribution in [0.2, 0.25) is 10.0 Å². The predicted molar refractivity (Wildman–Crippen MR) is 137 cm³/mol. The summed E-state index contributed by atoms with van der Waals surface area (Å²) in [5.74, 6) is -1.75. The Kier molecular flexibility index (Phi) is 8.71. The van der Waals surface area contributed by atoms with Crippen LogP contribution < -0.4 is 0 Å². The molecule has 8 heteroatoms. The monoisotopic (exact) mass is 518 g/mol. The fourth-order valence-corrected chi connectivity index (χ4v) is 5.80. The normalized spacial score (nSPS) is 24.4. The van der Waals surface area contributed by atoms with E-state index >= 15 is 0 Å². The maximum absolute atomic E-state index is 14.0. The minimum atomic E-state index is -0.959. The second-order valence-corrected chi connectivity index (χ2v) is 10.3. The molecule has 4 atom stereocenters. The van der Waals surface area contributed by atoms with Crippen molar-refractivity contribution in [3.05, 3.63) is 69.7 Å². The van der Waals surface area contributed by atoms with Crippen molar-refractivity contribution < 1.29 is 19.4 Å². The van der Waals surface area contributed by atoms with Crippen molar-refractivity contribution in [2.45, 2.75) is 44.2 Å². The Balaban J connectivity index is 1.80. The summed E-state index contributed by atoms with van der Waals surface area (Å²) in [6.07, 6.45) is 1.02. The first kappa shape index (κ1) is 26.0. The highest BCUT2D eigenvalue weighted by atomic mass is 35.5. The predicted octanol–water partition coefficient (Wildman–Crippen LogP) is 5.25. The zero-order valence-electron chi connectivity index (χ0n) is 19.9. The molecule has 2 saturated heterocycles. The molecule has 4 rings (SSSR count). The third-order valence-electron chi connectivity index (χ3n) is 7.17. The van der Waals surface area contributed by atoms with Gasteiger partial charge in [0.05, 0.1) is 25.7 Å². The van der Waals surface area contributed by atoms with Gasteiger partial charge in [0.15, 0.2) is 0 Å². The molecule has 2 aliphatic rings. The molecule has 2 fully saturated rings. The van der Waals surface area contributed by atoms with Crippen molar-refractivity contribution in [3.8, 4) is 0 Å².